The summed E-state index contributed by atoms with van der Waals surface area (Å²) in [5.74, 6) is 0. The van der Waals surface area contributed by atoms with Crippen LogP contribution >= 0.6 is 22.6 Å². The quantitative estimate of drug-likeness (QED) is 0.661. The Bertz CT molecular complexity index is 384. The van der Waals surface area contributed by atoms with Gasteiger partial charge in [0.2, 0.25) is 0 Å². The van der Waals surface area contributed by atoms with E-state index in [0.29, 0.717) is 6.10 Å². The third-order valence-electron chi connectivity index (χ3n) is 3.01. The number of nitrogen functional groups attached to an aromatic ring is 1. The molecule has 1 unspecified atom stereocenters. The van der Waals surface area contributed by atoms with Gasteiger partial charge in [-0.3, -0.25) is 4.90 Å². The molecular weight excluding hydrogens is 327 g/mol. The predicted octanol–water partition coefficient (Wildman–Crippen LogP) is 2.48. The second-order valence-corrected chi connectivity index (χ2v) is 5.79. The van der Waals surface area contributed by atoms with Gasteiger partial charge in [0.1, 0.15) is 0 Å². The number of benzene rings is 1. The number of nitrogens with two attached hydrogens (primary N) is 1. The summed E-state index contributed by atoms with van der Waals surface area (Å²) in [5.41, 5.74) is 8.02. The summed E-state index contributed by atoms with van der Waals surface area (Å²) >= 11 is 2.29. The number of ether oxygens (including phenoxy) is 1. The molecular formula is C13H19IN2O. The summed E-state index contributed by atoms with van der Waals surface area (Å²) in [5, 5.41) is 0. The highest BCUT2D eigenvalue weighted by Gasteiger charge is 2.15. The van der Waals surface area contributed by atoms with Crippen molar-refractivity contribution in [1.29, 1.82) is 0 Å². The molecule has 0 amide bonds. The van der Waals surface area contributed by atoms with E-state index in [2.05, 4.69) is 46.5 Å². The Morgan fingerprint density at radius 1 is 1.53 bits per heavy atom. The maximum atomic E-state index is 5.83. The number of rotatable bonds is 2. The van der Waals surface area contributed by atoms with Crippen molar-refractivity contribution in [2.75, 3.05) is 25.4 Å². The van der Waals surface area contributed by atoms with Crippen molar-refractivity contribution in [2.24, 2.45) is 0 Å². The number of hydrogen-bond acceptors (Lipinski definition) is 3. The average Bonchev–Trinajstić information content (AvgIpc) is 2.48. The molecule has 94 valence electrons. The largest absolute Gasteiger partial charge is 0.398 e. The van der Waals surface area contributed by atoms with Crippen molar-refractivity contribution in [3.8, 4) is 0 Å². The van der Waals surface area contributed by atoms with Gasteiger partial charge in [0, 0.05) is 35.5 Å². The zero-order chi connectivity index (χ0) is 12.3. The zero-order valence-electron chi connectivity index (χ0n) is 10.2. The lowest BCUT2D eigenvalue weighted by Crippen LogP contribution is -2.29. The third kappa shape index (κ3) is 3.82. The Hall–Kier alpha value is -0.330. The van der Waals surface area contributed by atoms with Gasteiger partial charge >= 0.3 is 0 Å². The van der Waals surface area contributed by atoms with E-state index in [1.165, 1.54) is 5.56 Å². The van der Waals surface area contributed by atoms with Gasteiger partial charge in [0.15, 0.2) is 0 Å². The second-order valence-electron chi connectivity index (χ2n) is 4.63. The zero-order valence-corrected chi connectivity index (χ0v) is 12.3. The Morgan fingerprint density at radius 2 is 2.35 bits per heavy atom. The van der Waals surface area contributed by atoms with E-state index in [9.17, 15) is 0 Å². The molecule has 3 nitrogen and oxygen atoms in total. The molecule has 1 heterocycles. The molecule has 1 aromatic carbocycles. The van der Waals surface area contributed by atoms with E-state index >= 15 is 0 Å². The molecule has 2 N–H and O–H groups in total. The number of anilines is 1. The van der Waals surface area contributed by atoms with Crippen molar-refractivity contribution in [3.63, 3.8) is 0 Å². The smallest absolute Gasteiger partial charge is 0.0674 e. The van der Waals surface area contributed by atoms with Crippen molar-refractivity contribution in [2.45, 2.75) is 26.0 Å². The summed E-state index contributed by atoms with van der Waals surface area (Å²) in [6.07, 6.45) is 1.46. The summed E-state index contributed by atoms with van der Waals surface area (Å²) in [7, 11) is 0. The lowest BCUT2D eigenvalue weighted by atomic mass is 10.2. The minimum atomic E-state index is 0.338. The first-order valence-electron chi connectivity index (χ1n) is 6.03. The van der Waals surface area contributed by atoms with Gasteiger partial charge in [-0.2, -0.15) is 0 Å². The standard InChI is InChI=1S/C13H19IN2O/c1-10-8-16(5-2-6-17-10)9-11-3-4-13(15)12(14)7-11/h3-4,7,10H,2,5-6,8-9,15H2,1H3. The van der Waals surface area contributed by atoms with Crippen LogP contribution in [0.1, 0.15) is 18.9 Å². The van der Waals surface area contributed by atoms with Crippen LogP contribution in [0.15, 0.2) is 18.2 Å². The molecule has 1 atom stereocenters. The second kappa shape index (κ2) is 6.02. The van der Waals surface area contributed by atoms with Crippen LogP contribution < -0.4 is 5.73 Å². The Morgan fingerprint density at radius 3 is 3.12 bits per heavy atom. The Balaban J connectivity index is 2.01. The van der Waals surface area contributed by atoms with Crippen LogP contribution in [0.5, 0.6) is 0 Å². The maximum Gasteiger partial charge on any atom is 0.0674 e. The van der Waals surface area contributed by atoms with Gasteiger partial charge in [-0.05, 0) is 53.6 Å². The van der Waals surface area contributed by atoms with Gasteiger partial charge < -0.3 is 10.5 Å². The van der Waals surface area contributed by atoms with Crippen LogP contribution in [-0.2, 0) is 11.3 Å². The van der Waals surface area contributed by atoms with E-state index in [4.69, 9.17) is 10.5 Å². The summed E-state index contributed by atoms with van der Waals surface area (Å²) in [6, 6.07) is 6.29. The van der Waals surface area contributed by atoms with E-state index in [-0.39, 0.29) is 0 Å². The van der Waals surface area contributed by atoms with E-state index < -0.39 is 0 Å². The normalized spacial score (nSPS) is 22.4. The number of halogens is 1. The van der Waals surface area contributed by atoms with Gasteiger partial charge in [-0.25, -0.2) is 0 Å². The van der Waals surface area contributed by atoms with Gasteiger partial charge in [-0.15, -0.1) is 0 Å². The topological polar surface area (TPSA) is 38.5 Å². The molecule has 4 heteroatoms. The molecule has 1 aliphatic heterocycles. The molecule has 0 radical (unpaired) electrons. The van der Waals surface area contributed by atoms with Crippen LogP contribution in [0.3, 0.4) is 0 Å². The molecule has 1 aromatic rings. The SMILES string of the molecule is CC1CN(Cc2ccc(N)c(I)c2)CCCO1. The number of nitrogens with zero attached hydrogens (tertiary/aromatic N) is 1. The van der Waals surface area contributed by atoms with Gasteiger partial charge in [0.25, 0.3) is 0 Å². The molecule has 0 aliphatic carbocycles. The van der Waals surface area contributed by atoms with Crippen molar-refractivity contribution < 1.29 is 4.74 Å². The van der Waals surface area contributed by atoms with E-state index in [1.54, 1.807) is 0 Å². The highest BCUT2D eigenvalue weighted by Crippen LogP contribution is 2.18. The van der Waals surface area contributed by atoms with Crippen molar-refractivity contribution in [1.82, 2.24) is 4.90 Å². The van der Waals surface area contributed by atoms with Crippen LogP contribution in [0.2, 0.25) is 0 Å². The third-order valence-corrected chi connectivity index (χ3v) is 3.94. The number of hydrogen-bond donors (Lipinski definition) is 1. The fraction of sp³-hybridized carbons (Fsp3) is 0.538. The molecule has 17 heavy (non-hydrogen) atoms. The van der Waals surface area contributed by atoms with Crippen molar-refractivity contribution >= 4 is 28.3 Å². The summed E-state index contributed by atoms with van der Waals surface area (Å²) in [6.45, 7) is 6.15. The Labute approximate surface area is 116 Å². The molecule has 1 saturated heterocycles. The summed E-state index contributed by atoms with van der Waals surface area (Å²) in [4.78, 5) is 2.46. The van der Waals surface area contributed by atoms with Crippen LogP contribution in [0.25, 0.3) is 0 Å². The molecule has 0 spiro atoms. The molecule has 1 fully saturated rings. The van der Waals surface area contributed by atoms with Crippen LogP contribution in [0.4, 0.5) is 5.69 Å². The summed E-state index contributed by atoms with van der Waals surface area (Å²) < 4.78 is 6.79. The highest BCUT2D eigenvalue weighted by molar-refractivity contribution is 14.1. The highest BCUT2D eigenvalue weighted by atomic mass is 127. The fourth-order valence-electron chi connectivity index (χ4n) is 2.15. The average molecular weight is 346 g/mol. The van der Waals surface area contributed by atoms with Crippen LogP contribution in [0, 0.1) is 3.57 Å². The van der Waals surface area contributed by atoms with Gasteiger partial charge in [-0.1, -0.05) is 6.07 Å². The molecule has 1 aliphatic rings. The predicted molar refractivity (Wildman–Crippen MR) is 78.9 cm³/mol. The van der Waals surface area contributed by atoms with E-state index in [0.717, 1.165) is 41.9 Å². The first-order chi connectivity index (χ1) is 8.15. The lowest BCUT2D eigenvalue weighted by molar-refractivity contribution is 0.0668. The minimum absolute atomic E-state index is 0.338. The minimum Gasteiger partial charge on any atom is -0.398 e. The van der Waals surface area contributed by atoms with E-state index in [1.807, 2.05) is 6.07 Å². The molecule has 2 rings (SSSR count). The molecule has 0 bridgehead atoms. The maximum absolute atomic E-state index is 5.83. The fourth-order valence-corrected chi connectivity index (χ4v) is 2.73. The monoisotopic (exact) mass is 346 g/mol. The Kier molecular flexibility index (Phi) is 4.64. The van der Waals surface area contributed by atoms with Gasteiger partial charge in [0.05, 0.1) is 6.10 Å². The molecule has 0 aromatic heterocycles. The first kappa shape index (κ1) is 13.1. The van der Waals surface area contributed by atoms with Crippen LogP contribution in [-0.4, -0.2) is 30.7 Å². The molecule has 0 saturated carbocycles. The lowest BCUT2D eigenvalue weighted by Gasteiger charge is -2.22. The first-order valence-corrected chi connectivity index (χ1v) is 7.11. The van der Waals surface area contributed by atoms with Crippen molar-refractivity contribution in [3.05, 3.63) is 27.3 Å².